The smallest absolute Gasteiger partial charge is 0.231 e. The zero-order valence-electron chi connectivity index (χ0n) is 14.1. The number of methoxy groups -OCH3 is 1. The molecule has 4 nitrogen and oxygen atoms in total. The van der Waals surface area contributed by atoms with Crippen LogP contribution >= 0.6 is 0 Å². The van der Waals surface area contributed by atoms with Crippen LogP contribution in [0, 0.1) is 0 Å². The molecule has 0 N–H and O–H groups in total. The molecule has 126 valence electrons. The van der Waals surface area contributed by atoms with Crippen molar-refractivity contribution in [2.24, 2.45) is 0 Å². The number of carbonyl (C=O) groups excluding carboxylic acids is 1. The third-order valence-corrected chi connectivity index (χ3v) is 4.46. The lowest BCUT2D eigenvalue weighted by molar-refractivity contribution is -0.141. The molecule has 1 saturated heterocycles. The van der Waals surface area contributed by atoms with Crippen LogP contribution in [0.15, 0.2) is 54.6 Å². The predicted molar refractivity (Wildman–Crippen MR) is 93.1 cm³/mol. The van der Waals surface area contributed by atoms with E-state index in [9.17, 15) is 4.79 Å². The Labute approximate surface area is 143 Å². The van der Waals surface area contributed by atoms with Gasteiger partial charge in [-0.05, 0) is 49.6 Å². The summed E-state index contributed by atoms with van der Waals surface area (Å²) >= 11 is 0. The summed E-state index contributed by atoms with van der Waals surface area (Å²) in [6.07, 6.45) is 1.81. The Bertz CT molecular complexity index is 686. The minimum Gasteiger partial charge on any atom is -0.457 e. The average molecular weight is 325 g/mol. The van der Waals surface area contributed by atoms with E-state index in [2.05, 4.69) is 0 Å². The SMILES string of the molecule is CO[C@H]1CCCN1C(=O)[C@H](C)c1cccc(Oc2ccccc2)c1. The van der Waals surface area contributed by atoms with Gasteiger partial charge < -0.3 is 14.4 Å². The van der Waals surface area contributed by atoms with E-state index in [1.54, 1.807) is 7.11 Å². The van der Waals surface area contributed by atoms with Gasteiger partial charge >= 0.3 is 0 Å². The number of hydrogen-bond donors (Lipinski definition) is 0. The molecule has 2 aromatic carbocycles. The van der Waals surface area contributed by atoms with Crippen molar-refractivity contribution < 1.29 is 14.3 Å². The molecule has 24 heavy (non-hydrogen) atoms. The summed E-state index contributed by atoms with van der Waals surface area (Å²) in [6, 6.07) is 17.4. The molecule has 1 aliphatic rings. The fraction of sp³-hybridized carbons (Fsp3) is 0.350. The second-order valence-electron chi connectivity index (χ2n) is 6.07. The Balaban J connectivity index is 1.74. The lowest BCUT2D eigenvalue weighted by Crippen LogP contribution is -2.39. The highest BCUT2D eigenvalue weighted by Crippen LogP contribution is 2.28. The summed E-state index contributed by atoms with van der Waals surface area (Å²) in [4.78, 5) is 14.6. The highest BCUT2D eigenvalue weighted by atomic mass is 16.5. The molecule has 1 amide bonds. The van der Waals surface area contributed by atoms with Crippen molar-refractivity contribution in [2.45, 2.75) is 31.9 Å². The van der Waals surface area contributed by atoms with Crippen LogP contribution in [0.5, 0.6) is 11.5 Å². The van der Waals surface area contributed by atoms with E-state index in [-0.39, 0.29) is 18.1 Å². The molecule has 1 aliphatic heterocycles. The molecule has 0 saturated carbocycles. The topological polar surface area (TPSA) is 38.8 Å². The van der Waals surface area contributed by atoms with Crippen molar-refractivity contribution in [3.8, 4) is 11.5 Å². The lowest BCUT2D eigenvalue weighted by Gasteiger charge is -2.26. The largest absolute Gasteiger partial charge is 0.457 e. The molecule has 1 fully saturated rings. The fourth-order valence-corrected chi connectivity index (χ4v) is 3.10. The number of para-hydroxylation sites is 1. The van der Waals surface area contributed by atoms with Gasteiger partial charge in [0.05, 0.1) is 5.92 Å². The van der Waals surface area contributed by atoms with Crippen LogP contribution in [0.4, 0.5) is 0 Å². The first-order valence-electron chi connectivity index (χ1n) is 8.35. The van der Waals surface area contributed by atoms with Crippen molar-refractivity contribution in [1.29, 1.82) is 0 Å². The van der Waals surface area contributed by atoms with E-state index in [4.69, 9.17) is 9.47 Å². The molecule has 0 radical (unpaired) electrons. The van der Waals surface area contributed by atoms with Gasteiger partial charge in [-0.15, -0.1) is 0 Å². The summed E-state index contributed by atoms with van der Waals surface area (Å²) in [5, 5.41) is 0. The van der Waals surface area contributed by atoms with Gasteiger partial charge in [-0.2, -0.15) is 0 Å². The van der Waals surface area contributed by atoms with E-state index in [1.165, 1.54) is 0 Å². The van der Waals surface area contributed by atoms with E-state index in [0.717, 1.165) is 36.4 Å². The highest BCUT2D eigenvalue weighted by Gasteiger charge is 2.31. The van der Waals surface area contributed by atoms with E-state index < -0.39 is 0 Å². The van der Waals surface area contributed by atoms with Crippen LogP contribution in [-0.2, 0) is 9.53 Å². The number of ether oxygens (including phenoxy) is 2. The van der Waals surface area contributed by atoms with Gasteiger partial charge in [0.2, 0.25) is 5.91 Å². The fourth-order valence-electron chi connectivity index (χ4n) is 3.10. The van der Waals surface area contributed by atoms with Gasteiger partial charge in [0, 0.05) is 13.7 Å². The standard InChI is InChI=1S/C20H23NO3/c1-15(20(22)21-13-7-12-19(21)23-2)16-8-6-11-18(14-16)24-17-9-4-3-5-10-17/h3-6,8-11,14-15,19H,7,12-13H2,1-2H3/t15-,19+/m1/s1. The first kappa shape index (κ1) is 16.5. The molecule has 1 heterocycles. The van der Waals surface area contributed by atoms with Crippen molar-refractivity contribution in [2.75, 3.05) is 13.7 Å². The minimum absolute atomic E-state index is 0.0938. The van der Waals surface area contributed by atoms with Crippen molar-refractivity contribution >= 4 is 5.91 Å². The van der Waals surface area contributed by atoms with Crippen LogP contribution < -0.4 is 4.74 Å². The number of amides is 1. The maximum Gasteiger partial charge on any atom is 0.231 e. The summed E-state index contributed by atoms with van der Waals surface area (Å²) in [7, 11) is 1.66. The van der Waals surface area contributed by atoms with Crippen molar-refractivity contribution in [1.82, 2.24) is 4.90 Å². The molecule has 0 spiro atoms. The van der Waals surface area contributed by atoms with Gasteiger partial charge in [-0.25, -0.2) is 0 Å². The average Bonchev–Trinajstić information content (AvgIpc) is 3.10. The van der Waals surface area contributed by atoms with Gasteiger partial charge in [0.25, 0.3) is 0 Å². The second-order valence-corrected chi connectivity index (χ2v) is 6.07. The number of nitrogens with zero attached hydrogens (tertiary/aromatic N) is 1. The van der Waals surface area contributed by atoms with E-state index >= 15 is 0 Å². The number of benzene rings is 2. The number of likely N-dealkylation sites (tertiary alicyclic amines) is 1. The molecule has 2 aromatic rings. The number of hydrogen-bond acceptors (Lipinski definition) is 3. The molecule has 2 atom stereocenters. The van der Waals surface area contributed by atoms with Crippen molar-refractivity contribution in [3.05, 3.63) is 60.2 Å². The normalized spacial score (nSPS) is 18.4. The number of rotatable bonds is 5. The summed E-state index contributed by atoms with van der Waals surface area (Å²) in [5.74, 6) is 1.41. The second kappa shape index (κ2) is 7.49. The monoisotopic (exact) mass is 325 g/mol. The van der Waals surface area contributed by atoms with Crippen LogP contribution in [-0.4, -0.2) is 30.7 Å². The van der Waals surface area contributed by atoms with Crippen LogP contribution in [0.3, 0.4) is 0 Å². The van der Waals surface area contributed by atoms with Crippen LogP contribution in [0.1, 0.15) is 31.2 Å². The maximum absolute atomic E-state index is 12.8. The van der Waals surface area contributed by atoms with Gasteiger partial charge in [-0.3, -0.25) is 4.79 Å². The number of carbonyl (C=O) groups is 1. The Morgan fingerprint density at radius 3 is 2.62 bits per heavy atom. The zero-order chi connectivity index (χ0) is 16.9. The highest BCUT2D eigenvalue weighted by molar-refractivity contribution is 5.83. The van der Waals surface area contributed by atoms with E-state index in [1.807, 2.05) is 66.4 Å². The van der Waals surface area contributed by atoms with Crippen molar-refractivity contribution in [3.63, 3.8) is 0 Å². The van der Waals surface area contributed by atoms with Gasteiger partial charge in [-0.1, -0.05) is 30.3 Å². The quantitative estimate of drug-likeness (QED) is 0.828. The summed E-state index contributed by atoms with van der Waals surface area (Å²) < 4.78 is 11.3. The van der Waals surface area contributed by atoms with Crippen LogP contribution in [0.2, 0.25) is 0 Å². The minimum atomic E-state index is -0.222. The first-order chi connectivity index (χ1) is 11.7. The van der Waals surface area contributed by atoms with Crippen LogP contribution in [0.25, 0.3) is 0 Å². The molecule has 4 heteroatoms. The molecular formula is C20H23NO3. The van der Waals surface area contributed by atoms with E-state index in [0.29, 0.717) is 0 Å². The summed E-state index contributed by atoms with van der Waals surface area (Å²) in [5.41, 5.74) is 0.954. The predicted octanol–water partition coefficient (Wildman–Crippen LogP) is 4.18. The Hall–Kier alpha value is -2.33. The first-order valence-corrected chi connectivity index (χ1v) is 8.35. The molecule has 0 aromatic heterocycles. The Morgan fingerprint density at radius 1 is 1.12 bits per heavy atom. The molecule has 0 bridgehead atoms. The lowest BCUT2D eigenvalue weighted by atomic mass is 9.99. The summed E-state index contributed by atoms with van der Waals surface area (Å²) in [6.45, 7) is 2.71. The third-order valence-electron chi connectivity index (χ3n) is 4.46. The maximum atomic E-state index is 12.8. The Kier molecular flexibility index (Phi) is 5.16. The molecule has 0 aliphatic carbocycles. The van der Waals surface area contributed by atoms with Gasteiger partial charge in [0.15, 0.2) is 0 Å². The molecule has 0 unspecified atom stereocenters. The third kappa shape index (κ3) is 3.60. The molecule has 3 rings (SSSR count). The molecular weight excluding hydrogens is 302 g/mol. The van der Waals surface area contributed by atoms with Gasteiger partial charge in [0.1, 0.15) is 17.7 Å². The Morgan fingerprint density at radius 2 is 1.88 bits per heavy atom. The zero-order valence-corrected chi connectivity index (χ0v) is 14.1.